The highest BCUT2D eigenvalue weighted by molar-refractivity contribution is 7.79. The van der Waals surface area contributed by atoms with Crippen molar-refractivity contribution in [1.82, 2.24) is 0 Å². The highest BCUT2D eigenvalue weighted by Gasteiger charge is 2.39. The van der Waals surface area contributed by atoms with Gasteiger partial charge in [-0.2, -0.15) is 0 Å². The van der Waals surface area contributed by atoms with E-state index in [0.29, 0.717) is 0 Å². The number of nitrogens with two attached hydrogens (primary N) is 1. The first-order valence-electron chi connectivity index (χ1n) is 2.49. The molecule has 0 bridgehead atoms. The Hall–Kier alpha value is 0.0700. The highest BCUT2D eigenvalue weighted by atomic mass is 32.2. The fourth-order valence-electron chi connectivity index (χ4n) is 0.551. The second-order valence-corrected chi connectivity index (χ2v) is 3.26. The first-order valence-corrected chi connectivity index (χ1v) is 3.76. The number of hydrogen-bond acceptors (Lipinski definition) is 2. The minimum Gasteiger partial charge on any atom is -0.324 e. The number of hydrogen-bond donors (Lipinski definition) is 2. The van der Waals surface area contributed by atoms with Gasteiger partial charge in [-0.05, 0) is 12.8 Å². The summed E-state index contributed by atoms with van der Waals surface area (Å²) in [7, 11) is 0. The summed E-state index contributed by atoms with van der Waals surface area (Å²) in [5.74, 6) is 0.243. The van der Waals surface area contributed by atoms with Crippen LogP contribution in [0.1, 0.15) is 12.8 Å². The van der Waals surface area contributed by atoms with Gasteiger partial charge in [0.2, 0.25) is 0 Å². The van der Waals surface area contributed by atoms with Gasteiger partial charge in [-0.15, -0.1) is 0 Å². The van der Waals surface area contributed by atoms with Crippen molar-refractivity contribution in [3.05, 3.63) is 0 Å². The molecule has 0 aromatic heterocycles. The van der Waals surface area contributed by atoms with Gasteiger partial charge in [0, 0.05) is 5.54 Å². The Morgan fingerprint density at radius 1 is 1.75 bits per heavy atom. The zero-order valence-corrected chi connectivity index (χ0v) is 5.28. The molecule has 1 fully saturated rings. The van der Waals surface area contributed by atoms with Crippen molar-refractivity contribution in [1.29, 1.82) is 0 Å². The largest absolute Gasteiger partial charge is 0.324 e. The van der Waals surface area contributed by atoms with Crippen molar-refractivity contribution >= 4 is 11.1 Å². The van der Waals surface area contributed by atoms with Gasteiger partial charge in [-0.25, -0.2) is 4.21 Å². The molecule has 3 nitrogen and oxygen atoms in total. The molecule has 1 saturated carbocycles. The minimum atomic E-state index is -1.70. The van der Waals surface area contributed by atoms with E-state index in [1.54, 1.807) is 0 Å². The number of rotatable bonds is 2. The lowest BCUT2D eigenvalue weighted by Crippen LogP contribution is -2.28. The monoisotopic (exact) mass is 135 g/mol. The van der Waals surface area contributed by atoms with Crippen LogP contribution >= 0.6 is 0 Å². The van der Waals surface area contributed by atoms with E-state index in [4.69, 9.17) is 10.3 Å². The van der Waals surface area contributed by atoms with Crippen molar-refractivity contribution in [2.24, 2.45) is 5.73 Å². The molecule has 1 aliphatic carbocycles. The smallest absolute Gasteiger partial charge is 0.154 e. The Morgan fingerprint density at radius 3 is 2.38 bits per heavy atom. The van der Waals surface area contributed by atoms with E-state index < -0.39 is 11.1 Å². The second-order valence-electron chi connectivity index (χ2n) is 2.33. The third-order valence-corrected chi connectivity index (χ3v) is 2.13. The van der Waals surface area contributed by atoms with Crippen LogP contribution in [0.15, 0.2) is 0 Å². The van der Waals surface area contributed by atoms with Crippen molar-refractivity contribution in [3.63, 3.8) is 0 Å². The van der Waals surface area contributed by atoms with Crippen molar-refractivity contribution < 1.29 is 8.76 Å². The van der Waals surface area contributed by atoms with E-state index in [1.807, 2.05) is 0 Å². The zero-order valence-electron chi connectivity index (χ0n) is 4.46. The van der Waals surface area contributed by atoms with Gasteiger partial charge in [-0.3, -0.25) is 0 Å². The first-order chi connectivity index (χ1) is 3.62. The topological polar surface area (TPSA) is 63.3 Å². The van der Waals surface area contributed by atoms with Crippen LogP contribution in [0.25, 0.3) is 0 Å². The molecular weight excluding hydrogens is 126 g/mol. The zero-order chi connectivity index (χ0) is 6.20. The summed E-state index contributed by atoms with van der Waals surface area (Å²) in [4.78, 5) is 0. The maximum Gasteiger partial charge on any atom is 0.154 e. The molecule has 0 aliphatic heterocycles. The Morgan fingerprint density at radius 2 is 2.25 bits per heavy atom. The third kappa shape index (κ3) is 1.54. The molecule has 0 aromatic rings. The lowest BCUT2D eigenvalue weighted by molar-refractivity contribution is 0.554. The van der Waals surface area contributed by atoms with Crippen LogP contribution in [0.3, 0.4) is 0 Å². The molecule has 1 atom stereocenters. The predicted molar refractivity (Wildman–Crippen MR) is 31.8 cm³/mol. The van der Waals surface area contributed by atoms with Crippen LogP contribution < -0.4 is 5.73 Å². The standard InChI is InChI=1S/C4H9NO2S/c5-4(1-2-4)3-8(6)7/h1-3,5H2,(H,6,7). The highest BCUT2D eigenvalue weighted by Crippen LogP contribution is 2.32. The summed E-state index contributed by atoms with van der Waals surface area (Å²) in [6.07, 6.45) is 1.80. The minimum absolute atomic E-state index is 0.243. The summed E-state index contributed by atoms with van der Waals surface area (Å²) in [5, 5.41) is 0. The van der Waals surface area contributed by atoms with Gasteiger partial charge in [0.25, 0.3) is 0 Å². The summed E-state index contributed by atoms with van der Waals surface area (Å²) in [5.41, 5.74) is 5.22. The van der Waals surface area contributed by atoms with Gasteiger partial charge in [0.1, 0.15) is 0 Å². The molecule has 0 saturated heterocycles. The normalized spacial score (nSPS) is 27.2. The molecule has 3 N–H and O–H groups in total. The SMILES string of the molecule is NC1(CS(=O)O)CC1. The van der Waals surface area contributed by atoms with E-state index in [9.17, 15) is 4.21 Å². The quantitative estimate of drug-likeness (QED) is 0.511. The van der Waals surface area contributed by atoms with Crippen LogP contribution in [-0.2, 0) is 11.1 Å². The van der Waals surface area contributed by atoms with Crippen molar-refractivity contribution in [3.8, 4) is 0 Å². The molecule has 1 aliphatic rings. The van der Waals surface area contributed by atoms with Gasteiger partial charge >= 0.3 is 0 Å². The van der Waals surface area contributed by atoms with Gasteiger partial charge < -0.3 is 10.3 Å². The van der Waals surface area contributed by atoms with Crippen molar-refractivity contribution in [2.75, 3.05) is 5.75 Å². The molecule has 0 amide bonds. The Labute approximate surface area is 50.5 Å². The molecule has 0 heterocycles. The van der Waals surface area contributed by atoms with Crippen LogP contribution in [0.2, 0.25) is 0 Å². The third-order valence-electron chi connectivity index (χ3n) is 1.30. The molecule has 0 aromatic carbocycles. The van der Waals surface area contributed by atoms with Crippen LogP contribution in [0.4, 0.5) is 0 Å². The average molecular weight is 135 g/mol. The van der Waals surface area contributed by atoms with Gasteiger partial charge in [0.05, 0.1) is 5.75 Å². The summed E-state index contributed by atoms with van der Waals surface area (Å²) < 4.78 is 18.4. The summed E-state index contributed by atoms with van der Waals surface area (Å²) in [6.45, 7) is 0. The second kappa shape index (κ2) is 1.79. The molecule has 8 heavy (non-hydrogen) atoms. The van der Waals surface area contributed by atoms with E-state index in [2.05, 4.69) is 0 Å². The summed E-state index contributed by atoms with van der Waals surface area (Å²) in [6, 6.07) is 0. The molecule has 4 heteroatoms. The fourth-order valence-corrected chi connectivity index (χ4v) is 1.33. The van der Waals surface area contributed by atoms with E-state index in [0.717, 1.165) is 12.8 Å². The Kier molecular flexibility index (Phi) is 1.38. The molecule has 1 unspecified atom stereocenters. The maximum atomic E-state index is 10.1. The lowest BCUT2D eigenvalue weighted by Gasteiger charge is -2.01. The van der Waals surface area contributed by atoms with Crippen LogP contribution in [0.5, 0.6) is 0 Å². The van der Waals surface area contributed by atoms with E-state index in [1.165, 1.54) is 0 Å². The first kappa shape index (κ1) is 6.19. The molecule has 0 spiro atoms. The molecule has 48 valence electrons. The van der Waals surface area contributed by atoms with E-state index >= 15 is 0 Å². The van der Waals surface area contributed by atoms with Crippen LogP contribution in [-0.4, -0.2) is 20.1 Å². The van der Waals surface area contributed by atoms with Gasteiger partial charge in [0.15, 0.2) is 11.1 Å². The Bertz CT molecular complexity index is 121. The molecular formula is C4H9NO2S. The average Bonchev–Trinajstić information content (AvgIpc) is 2.17. The fraction of sp³-hybridized carbons (Fsp3) is 1.00. The van der Waals surface area contributed by atoms with Gasteiger partial charge in [-0.1, -0.05) is 0 Å². The lowest BCUT2D eigenvalue weighted by atomic mass is 10.4. The predicted octanol–water partition coefficient (Wildman–Crippen LogP) is -0.301. The maximum absolute atomic E-state index is 10.1. The van der Waals surface area contributed by atoms with Crippen LogP contribution in [0, 0.1) is 0 Å². The Balaban J connectivity index is 2.29. The molecule has 0 radical (unpaired) electrons. The molecule has 1 rings (SSSR count). The van der Waals surface area contributed by atoms with Crippen molar-refractivity contribution in [2.45, 2.75) is 18.4 Å². The van der Waals surface area contributed by atoms with E-state index in [-0.39, 0.29) is 11.3 Å². The summed E-state index contributed by atoms with van der Waals surface area (Å²) >= 11 is -1.70.